The third kappa shape index (κ3) is 1.95. The Morgan fingerprint density at radius 3 is 2.28 bits per heavy atom. The van der Waals surface area contributed by atoms with Gasteiger partial charge in [-0.15, -0.1) is 5.73 Å². The zero-order valence-corrected chi connectivity index (χ0v) is 10.6. The van der Waals surface area contributed by atoms with E-state index in [1.807, 2.05) is 0 Å². The lowest BCUT2D eigenvalue weighted by molar-refractivity contribution is 0.598. The van der Waals surface area contributed by atoms with Crippen molar-refractivity contribution in [2.45, 2.75) is 24.2 Å². The van der Waals surface area contributed by atoms with Gasteiger partial charge in [0.2, 0.25) is 10.0 Å². The third-order valence-electron chi connectivity index (χ3n) is 3.42. The van der Waals surface area contributed by atoms with E-state index in [1.165, 1.54) is 17.6 Å². The molecule has 0 amide bonds. The van der Waals surface area contributed by atoms with E-state index >= 15 is 0 Å². The number of fused-ring (bicyclic) bond motifs is 1. The Balaban J connectivity index is 1.98. The summed E-state index contributed by atoms with van der Waals surface area (Å²) >= 11 is 0. The van der Waals surface area contributed by atoms with Crippen LogP contribution >= 0.6 is 0 Å². The highest BCUT2D eigenvalue weighted by atomic mass is 32.2. The van der Waals surface area contributed by atoms with E-state index in [9.17, 15) is 8.42 Å². The van der Waals surface area contributed by atoms with E-state index in [2.05, 4.69) is 11.8 Å². The molecule has 2 N–H and O–H groups in total. The summed E-state index contributed by atoms with van der Waals surface area (Å²) in [6, 6.07) is 6.67. The van der Waals surface area contributed by atoms with Crippen molar-refractivity contribution in [3.8, 4) is 0 Å². The van der Waals surface area contributed by atoms with Crippen LogP contribution in [0.2, 0.25) is 0 Å². The van der Waals surface area contributed by atoms with E-state index in [0.29, 0.717) is 0 Å². The Labute approximate surface area is 106 Å². The summed E-state index contributed by atoms with van der Waals surface area (Å²) in [4.78, 5) is 0.148. The van der Waals surface area contributed by atoms with Gasteiger partial charge in [0.1, 0.15) is 0 Å². The lowest BCUT2D eigenvalue weighted by Crippen LogP contribution is -2.11. The second-order valence-corrected chi connectivity index (χ2v) is 6.15. The first-order valence-electron chi connectivity index (χ1n) is 5.85. The molecular weight excluding hydrogens is 246 g/mol. The minimum Gasteiger partial charge on any atom is -0.225 e. The summed E-state index contributed by atoms with van der Waals surface area (Å²) in [6.45, 7) is 0. The molecule has 0 saturated heterocycles. The van der Waals surface area contributed by atoms with Crippen LogP contribution in [0.5, 0.6) is 0 Å². The molecule has 0 atom stereocenters. The molecule has 0 bridgehead atoms. The first-order valence-corrected chi connectivity index (χ1v) is 7.40. The Bertz CT molecular complexity index is 703. The quantitative estimate of drug-likeness (QED) is 0.829. The van der Waals surface area contributed by atoms with Gasteiger partial charge in [0.15, 0.2) is 0 Å². The Morgan fingerprint density at radius 1 is 1.06 bits per heavy atom. The first-order chi connectivity index (χ1) is 8.54. The molecule has 0 aliphatic heterocycles. The Hall–Kier alpha value is -1.61. The molecular formula is C14H13NO2S. The highest BCUT2D eigenvalue weighted by molar-refractivity contribution is 7.89. The number of hydrogen-bond acceptors (Lipinski definition) is 2. The van der Waals surface area contributed by atoms with Gasteiger partial charge >= 0.3 is 0 Å². The summed E-state index contributed by atoms with van der Waals surface area (Å²) in [7, 11) is -3.61. The fourth-order valence-electron chi connectivity index (χ4n) is 2.26. The van der Waals surface area contributed by atoms with Gasteiger partial charge in [-0.25, -0.2) is 13.6 Å². The third-order valence-corrected chi connectivity index (χ3v) is 4.35. The van der Waals surface area contributed by atoms with E-state index < -0.39 is 10.0 Å². The molecule has 1 aromatic carbocycles. The molecule has 18 heavy (non-hydrogen) atoms. The normalized spacial score (nSPS) is 18.2. The van der Waals surface area contributed by atoms with Crippen LogP contribution in [0, 0.1) is 0 Å². The molecule has 1 fully saturated rings. The van der Waals surface area contributed by atoms with Gasteiger partial charge in [-0.05, 0) is 48.1 Å². The standard InChI is InChI=1S/C14H13NO2S/c15-18(16,17)14-7-5-11(6-8-14)13-4-2-10-1-3-12(10)9-13/h2,5-8H,1,3-4H2,(H2,15,16,17). The maximum atomic E-state index is 11.2. The molecule has 3 rings (SSSR count). The maximum absolute atomic E-state index is 11.2. The predicted octanol–water partition coefficient (Wildman–Crippen LogP) is 2.37. The number of primary sulfonamides is 1. The zero-order valence-electron chi connectivity index (χ0n) is 9.81. The van der Waals surface area contributed by atoms with Crippen LogP contribution in [0.4, 0.5) is 0 Å². The number of benzene rings is 1. The molecule has 0 spiro atoms. The van der Waals surface area contributed by atoms with Crippen molar-refractivity contribution < 1.29 is 8.42 Å². The Kier molecular flexibility index (Phi) is 2.52. The first kappa shape index (κ1) is 11.5. The van der Waals surface area contributed by atoms with Crippen molar-refractivity contribution in [3.05, 3.63) is 52.8 Å². The van der Waals surface area contributed by atoms with Crippen LogP contribution < -0.4 is 5.14 Å². The number of nitrogens with two attached hydrogens (primary N) is 1. The Morgan fingerprint density at radius 2 is 1.78 bits per heavy atom. The van der Waals surface area contributed by atoms with Crippen LogP contribution in [0.25, 0.3) is 5.57 Å². The highest BCUT2D eigenvalue weighted by Gasteiger charge is 2.19. The average molecular weight is 259 g/mol. The van der Waals surface area contributed by atoms with E-state index in [-0.39, 0.29) is 4.90 Å². The SMILES string of the molecule is NS(=O)(=O)c1ccc(C2=C=C3CCC3=CC2)cc1. The lowest BCUT2D eigenvalue weighted by atomic mass is 9.81. The molecule has 0 unspecified atom stereocenters. The maximum Gasteiger partial charge on any atom is 0.238 e. The molecule has 2 aliphatic carbocycles. The topological polar surface area (TPSA) is 60.2 Å². The minimum atomic E-state index is -3.61. The predicted molar refractivity (Wildman–Crippen MR) is 70.2 cm³/mol. The van der Waals surface area contributed by atoms with Crippen LogP contribution in [0.3, 0.4) is 0 Å². The van der Waals surface area contributed by atoms with Gasteiger partial charge in [0, 0.05) is 5.57 Å². The van der Waals surface area contributed by atoms with Crippen LogP contribution in [0.15, 0.2) is 52.1 Å². The summed E-state index contributed by atoms with van der Waals surface area (Å²) in [6.07, 6.45) is 5.37. The molecule has 3 nitrogen and oxygen atoms in total. The van der Waals surface area contributed by atoms with Gasteiger partial charge in [0.25, 0.3) is 0 Å². The van der Waals surface area contributed by atoms with Crippen LogP contribution in [-0.2, 0) is 10.0 Å². The van der Waals surface area contributed by atoms with Crippen molar-refractivity contribution >= 4 is 15.6 Å². The summed E-state index contributed by atoms with van der Waals surface area (Å²) in [5.41, 5.74) is 8.26. The largest absolute Gasteiger partial charge is 0.238 e. The van der Waals surface area contributed by atoms with E-state index in [1.54, 1.807) is 24.3 Å². The second kappa shape index (κ2) is 3.95. The molecule has 0 aromatic heterocycles. The molecule has 2 aliphatic rings. The molecule has 1 saturated carbocycles. The van der Waals surface area contributed by atoms with Gasteiger partial charge < -0.3 is 0 Å². The van der Waals surface area contributed by atoms with Gasteiger partial charge in [-0.1, -0.05) is 18.2 Å². The van der Waals surface area contributed by atoms with Crippen molar-refractivity contribution in [1.82, 2.24) is 0 Å². The summed E-state index contributed by atoms with van der Waals surface area (Å²) < 4.78 is 22.3. The van der Waals surface area contributed by atoms with Crippen molar-refractivity contribution in [2.75, 3.05) is 0 Å². The molecule has 4 heteroatoms. The van der Waals surface area contributed by atoms with Gasteiger partial charge in [-0.3, -0.25) is 0 Å². The molecule has 0 radical (unpaired) electrons. The fourth-order valence-corrected chi connectivity index (χ4v) is 2.77. The molecule has 0 heterocycles. The monoisotopic (exact) mass is 259 g/mol. The summed E-state index contributed by atoms with van der Waals surface area (Å²) in [5, 5.41) is 5.07. The number of hydrogen-bond donors (Lipinski definition) is 1. The van der Waals surface area contributed by atoms with E-state index in [0.717, 1.165) is 24.0 Å². The van der Waals surface area contributed by atoms with Crippen molar-refractivity contribution in [1.29, 1.82) is 0 Å². The highest BCUT2D eigenvalue weighted by Crippen LogP contribution is 2.37. The summed E-state index contributed by atoms with van der Waals surface area (Å²) in [5.74, 6) is 0. The minimum absolute atomic E-state index is 0.148. The van der Waals surface area contributed by atoms with E-state index in [4.69, 9.17) is 5.14 Å². The van der Waals surface area contributed by atoms with Crippen molar-refractivity contribution in [3.63, 3.8) is 0 Å². The zero-order chi connectivity index (χ0) is 12.8. The average Bonchev–Trinajstić information content (AvgIpc) is 2.30. The molecule has 92 valence electrons. The smallest absolute Gasteiger partial charge is 0.225 e. The fraction of sp³-hybridized carbons (Fsp3) is 0.214. The number of sulfonamides is 1. The van der Waals surface area contributed by atoms with Crippen molar-refractivity contribution in [2.24, 2.45) is 5.14 Å². The van der Waals surface area contributed by atoms with Crippen LogP contribution in [-0.4, -0.2) is 8.42 Å². The molecule has 1 aromatic rings. The van der Waals surface area contributed by atoms with Gasteiger partial charge in [-0.2, -0.15) is 0 Å². The van der Waals surface area contributed by atoms with Gasteiger partial charge in [0.05, 0.1) is 4.90 Å². The van der Waals surface area contributed by atoms with Crippen LogP contribution in [0.1, 0.15) is 24.8 Å². The lowest BCUT2D eigenvalue weighted by Gasteiger charge is -2.23. The number of rotatable bonds is 2. The number of allylic oxidation sites excluding steroid dienone is 3. The second-order valence-electron chi connectivity index (χ2n) is 4.58.